The van der Waals surface area contributed by atoms with Crippen molar-refractivity contribution in [1.82, 2.24) is 0 Å². The first-order valence-electron chi connectivity index (χ1n) is 5.34. The smallest absolute Gasteiger partial charge is 0.229 e. The summed E-state index contributed by atoms with van der Waals surface area (Å²) in [6.07, 6.45) is 2.58. The Morgan fingerprint density at radius 3 is 2.39 bits per heavy atom. The summed E-state index contributed by atoms with van der Waals surface area (Å²) in [4.78, 5) is 17.4. The van der Waals surface area contributed by atoms with Crippen molar-refractivity contribution in [2.24, 2.45) is 0 Å². The average Bonchev–Trinajstić information content (AvgIpc) is 2.26. The lowest BCUT2D eigenvalue weighted by molar-refractivity contribution is 0.403. The van der Waals surface area contributed by atoms with Crippen LogP contribution in [0.4, 0.5) is 0 Å². The fraction of sp³-hybridized carbons (Fsp3) is 0.400. The van der Waals surface area contributed by atoms with Gasteiger partial charge in [-0.05, 0) is 18.9 Å². The van der Waals surface area contributed by atoms with Gasteiger partial charge < -0.3 is 0 Å². The van der Waals surface area contributed by atoms with Crippen LogP contribution < -0.4 is 9.05 Å². The third-order valence-corrected chi connectivity index (χ3v) is 2.92. The second-order valence-corrected chi connectivity index (χ2v) is 4.85. The fourth-order valence-corrected chi connectivity index (χ4v) is 2.06. The third kappa shape index (κ3) is 5.07. The summed E-state index contributed by atoms with van der Waals surface area (Å²) in [6.45, 7) is 2.03. The van der Waals surface area contributed by atoms with Crippen molar-refractivity contribution in [1.29, 1.82) is 0 Å². The van der Waals surface area contributed by atoms with E-state index in [1.54, 1.807) is 6.07 Å². The molecule has 2 unspecified atom stereocenters. The molecule has 18 heavy (non-hydrogen) atoms. The SMILES string of the molecule is CCCCc1ccc(O[P+](=O)O)cc1O[P+](=O)O. The molecular weight excluding hydrogens is 278 g/mol. The van der Waals surface area contributed by atoms with Gasteiger partial charge in [0.2, 0.25) is 0 Å². The molecule has 6 nitrogen and oxygen atoms in total. The molecule has 0 aromatic heterocycles. The Balaban J connectivity index is 2.95. The van der Waals surface area contributed by atoms with Gasteiger partial charge in [-0.1, -0.05) is 19.4 Å². The van der Waals surface area contributed by atoms with Crippen LogP contribution in [0.25, 0.3) is 0 Å². The number of aryl methyl sites for hydroxylation is 1. The maximum Gasteiger partial charge on any atom is 0.747 e. The van der Waals surface area contributed by atoms with Crippen LogP contribution in [0.15, 0.2) is 18.2 Å². The van der Waals surface area contributed by atoms with Crippen molar-refractivity contribution < 1.29 is 28.0 Å². The molecule has 1 aromatic carbocycles. The van der Waals surface area contributed by atoms with Gasteiger partial charge in [0.25, 0.3) is 0 Å². The zero-order chi connectivity index (χ0) is 13.5. The van der Waals surface area contributed by atoms with Gasteiger partial charge in [-0.3, -0.25) is 0 Å². The highest BCUT2D eigenvalue weighted by Gasteiger charge is 2.21. The van der Waals surface area contributed by atoms with Gasteiger partial charge in [0.05, 0.1) is 0 Å². The van der Waals surface area contributed by atoms with Gasteiger partial charge in [0, 0.05) is 20.8 Å². The lowest BCUT2D eigenvalue weighted by Crippen LogP contribution is -1.92. The molecule has 1 rings (SSSR count). The predicted molar refractivity (Wildman–Crippen MR) is 66.0 cm³/mol. The summed E-state index contributed by atoms with van der Waals surface area (Å²) < 4.78 is 30.6. The van der Waals surface area contributed by atoms with Gasteiger partial charge >= 0.3 is 16.5 Å². The van der Waals surface area contributed by atoms with Crippen molar-refractivity contribution in [3.63, 3.8) is 0 Å². The zero-order valence-corrected chi connectivity index (χ0v) is 11.6. The summed E-state index contributed by atoms with van der Waals surface area (Å²) in [5, 5.41) is 0. The zero-order valence-electron chi connectivity index (χ0n) is 9.78. The van der Waals surface area contributed by atoms with Crippen molar-refractivity contribution in [2.75, 3.05) is 0 Å². The van der Waals surface area contributed by atoms with Crippen LogP contribution in [0.1, 0.15) is 25.3 Å². The molecular formula is C10H14O6P2+2. The molecule has 2 atom stereocenters. The molecule has 0 aliphatic carbocycles. The average molecular weight is 292 g/mol. The first-order valence-corrected chi connectivity index (χ1v) is 7.60. The molecule has 2 N–H and O–H groups in total. The van der Waals surface area contributed by atoms with Gasteiger partial charge in [-0.2, -0.15) is 0 Å². The monoisotopic (exact) mass is 292 g/mol. The molecule has 0 aliphatic heterocycles. The molecule has 98 valence electrons. The Morgan fingerprint density at radius 2 is 1.83 bits per heavy atom. The maximum absolute atomic E-state index is 10.7. The minimum absolute atomic E-state index is 0.116. The fourth-order valence-electron chi connectivity index (χ4n) is 1.42. The molecule has 0 fully saturated rings. The molecule has 0 radical (unpaired) electrons. The van der Waals surface area contributed by atoms with E-state index in [9.17, 15) is 9.13 Å². The van der Waals surface area contributed by atoms with E-state index in [0.717, 1.165) is 18.4 Å². The van der Waals surface area contributed by atoms with Crippen LogP contribution in [0.3, 0.4) is 0 Å². The molecule has 0 amide bonds. The Hall–Kier alpha value is -1.06. The summed E-state index contributed by atoms with van der Waals surface area (Å²) in [6, 6.07) is 4.50. The number of hydrogen-bond donors (Lipinski definition) is 2. The van der Waals surface area contributed by atoms with Crippen molar-refractivity contribution in [3.8, 4) is 11.5 Å². The summed E-state index contributed by atoms with van der Waals surface area (Å²) in [7, 11) is -5.55. The first kappa shape index (κ1) is 15.0. The van der Waals surface area contributed by atoms with E-state index in [2.05, 4.69) is 4.52 Å². The molecule has 0 heterocycles. The van der Waals surface area contributed by atoms with E-state index in [4.69, 9.17) is 14.3 Å². The molecule has 0 saturated carbocycles. The van der Waals surface area contributed by atoms with Crippen LogP contribution in [0, 0.1) is 0 Å². The second-order valence-electron chi connectivity index (χ2n) is 3.53. The highest BCUT2D eigenvalue weighted by Crippen LogP contribution is 2.34. The third-order valence-electron chi connectivity index (χ3n) is 2.20. The standard InChI is InChI=1S/C10H12O6P2/c1-2-3-4-8-5-6-9(15-17(11)12)7-10(8)16-18(13)14/h5-7H,2-4H2,1H3/p+2. The minimum atomic E-state index is -2.78. The van der Waals surface area contributed by atoms with Crippen LogP contribution in [-0.4, -0.2) is 9.79 Å². The van der Waals surface area contributed by atoms with Gasteiger partial charge in [0.15, 0.2) is 11.5 Å². The van der Waals surface area contributed by atoms with E-state index in [1.165, 1.54) is 12.1 Å². The van der Waals surface area contributed by atoms with Crippen LogP contribution in [-0.2, 0) is 15.6 Å². The summed E-state index contributed by atoms with van der Waals surface area (Å²) >= 11 is 0. The molecule has 0 bridgehead atoms. The van der Waals surface area contributed by atoms with Gasteiger partial charge in [-0.25, -0.2) is 9.05 Å². The maximum atomic E-state index is 10.7. The van der Waals surface area contributed by atoms with Crippen LogP contribution in [0.2, 0.25) is 0 Å². The lowest BCUT2D eigenvalue weighted by Gasteiger charge is -2.03. The quantitative estimate of drug-likeness (QED) is 0.750. The Kier molecular flexibility index (Phi) is 6.16. The highest BCUT2D eigenvalue weighted by atomic mass is 31.1. The molecule has 8 heteroatoms. The summed E-state index contributed by atoms with van der Waals surface area (Å²) in [5.41, 5.74) is 0.759. The van der Waals surface area contributed by atoms with Crippen LogP contribution >= 0.6 is 16.5 Å². The first-order chi connectivity index (χ1) is 8.52. The number of hydrogen-bond acceptors (Lipinski definition) is 4. The molecule has 0 spiro atoms. The van der Waals surface area contributed by atoms with E-state index in [0.29, 0.717) is 6.42 Å². The topological polar surface area (TPSA) is 93.1 Å². The largest absolute Gasteiger partial charge is 0.747 e. The second kappa shape index (κ2) is 7.39. The normalized spacial score (nSPS) is 11.9. The van der Waals surface area contributed by atoms with Crippen molar-refractivity contribution in [2.45, 2.75) is 26.2 Å². The number of rotatable bonds is 7. The van der Waals surface area contributed by atoms with E-state index >= 15 is 0 Å². The van der Waals surface area contributed by atoms with Crippen LogP contribution in [0.5, 0.6) is 11.5 Å². The molecule has 1 aromatic rings. The van der Waals surface area contributed by atoms with Crippen molar-refractivity contribution in [3.05, 3.63) is 23.8 Å². The van der Waals surface area contributed by atoms with E-state index in [1.807, 2.05) is 6.92 Å². The van der Waals surface area contributed by atoms with E-state index < -0.39 is 16.5 Å². The lowest BCUT2D eigenvalue weighted by atomic mass is 10.1. The molecule has 0 aliphatic rings. The summed E-state index contributed by atoms with van der Waals surface area (Å²) in [5.74, 6) is 0.312. The number of benzene rings is 1. The van der Waals surface area contributed by atoms with Gasteiger partial charge in [-0.15, -0.1) is 9.79 Å². The minimum Gasteiger partial charge on any atom is -0.229 e. The van der Waals surface area contributed by atoms with Crippen molar-refractivity contribution >= 4 is 16.5 Å². The molecule has 0 saturated heterocycles. The predicted octanol–water partition coefficient (Wildman–Crippen LogP) is 3.09. The number of unbranched alkanes of at least 4 members (excludes halogenated alkanes) is 1. The van der Waals surface area contributed by atoms with Gasteiger partial charge in [0.1, 0.15) is 0 Å². The van der Waals surface area contributed by atoms with E-state index in [-0.39, 0.29) is 11.5 Å². The highest BCUT2D eigenvalue weighted by molar-refractivity contribution is 7.32. The Morgan fingerprint density at radius 1 is 1.17 bits per heavy atom. The Bertz CT molecular complexity index is 448. The Labute approximate surface area is 106 Å².